The Bertz CT molecular complexity index is 373. The molecule has 0 saturated heterocycles. The van der Waals surface area contributed by atoms with Crippen LogP contribution in [0.25, 0.3) is 0 Å². The average Bonchev–Trinajstić information content (AvgIpc) is 2.16. The molecule has 3 heteroatoms. The van der Waals surface area contributed by atoms with E-state index in [2.05, 4.69) is 0 Å². The average molecular weight is 206 g/mol. The van der Waals surface area contributed by atoms with E-state index in [-0.39, 0.29) is 23.9 Å². The molecule has 0 heterocycles. The summed E-state index contributed by atoms with van der Waals surface area (Å²) >= 11 is 0. The molecule has 2 atom stereocenters. The summed E-state index contributed by atoms with van der Waals surface area (Å²) in [5.74, 6) is 0.357. The van der Waals surface area contributed by atoms with Gasteiger partial charge in [0.15, 0.2) is 0 Å². The van der Waals surface area contributed by atoms with Gasteiger partial charge in [-0.25, -0.2) is 0 Å². The molecule has 1 fully saturated rings. The van der Waals surface area contributed by atoms with Crippen LogP contribution in [0.5, 0.6) is 5.75 Å². The minimum absolute atomic E-state index is 0.0494. The summed E-state index contributed by atoms with van der Waals surface area (Å²) in [4.78, 5) is 11.3. The maximum Gasteiger partial charge on any atom is 0.136 e. The third kappa shape index (κ3) is 2.36. The fourth-order valence-corrected chi connectivity index (χ4v) is 2.15. The first kappa shape index (κ1) is 10.2. The SMILES string of the molecule is O=C1CC(O)CC(c2cccc(O)c2)C1. The maximum absolute atomic E-state index is 11.3. The van der Waals surface area contributed by atoms with Gasteiger partial charge in [0.1, 0.15) is 11.5 Å². The molecule has 0 spiro atoms. The normalized spacial score (nSPS) is 26.6. The van der Waals surface area contributed by atoms with Gasteiger partial charge in [-0.1, -0.05) is 12.1 Å². The predicted octanol–water partition coefficient (Wildman–Crippen LogP) is 1.59. The van der Waals surface area contributed by atoms with Crippen molar-refractivity contribution in [2.24, 2.45) is 0 Å². The van der Waals surface area contributed by atoms with Gasteiger partial charge in [-0.05, 0) is 30.0 Å². The monoisotopic (exact) mass is 206 g/mol. The second-order valence-corrected chi connectivity index (χ2v) is 4.13. The highest BCUT2D eigenvalue weighted by Gasteiger charge is 2.26. The van der Waals surface area contributed by atoms with Crippen LogP contribution in [0, 0.1) is 0 Å². The van der Waals surface area contributed by atoms with Crippen molar-refractivity contribution in [3.05, 3.63) is 29.8 Å². The second-order valence-electron chi connectivity index (χ2n) is 4.13. The molecule has 0 aliphatic heterocycles. The molecular formula is C12H14O3. The summed E-state index contributed by atoms with van der Waals surface area (Å²) in [7, 11) is 0. The zero-order valence-corrected chi connectivity index (χ0v) is 8.39. The summed E-state index contributed by atoms with van der Waals surface area (Å²) in [5.41, 5.74) is 0.933. The third-order valence-corrected chi connectivity index (χ3v) is 2.84. The van der Waals surface area contributed by atoms with Gasteiger partial charge in [-0.15, -0.1) is 0 Å². The van der Waals surface area contributed by atoms with Crippen LogP contribution in [0.4, 0.5) is 0 Å². The minimum atomic E-state index is -0.529. The van der Waals surface area contributed by atoms with E-state index in [0.29, 0.717) is 12.8 Å². The van der Waals surface area contributed by atoms with Crippen LogP contribution in [0.2, 0.25) is 0 Å². The lowest BCUT2D eigenvalue weighted by Gasteiger charge is -2.25. The van der Waals surface area contributed by atoms with Crippen molar-refractivity contribution in [1.82, 2.24) is 0 Å². The molecule has 0 aromatic heterocycles. The number of phenols is 1. The molecule has 1 aliphatic carbocycles. The Balaban J connectivity index is 2.19. The topological polar surface area (TPSA) is 57.5 Å². The Hall–Kier alpha value is -1.35. The van der Waals surface area contributed by atoms with E-state index in [1.54, 1.807) is 18.2 Å². The fourth-order valence-electron chi connectivity index (χ4n) is 2.15. The molecule has 1 aromatic carbocycles. The number of Topliss-reactive ketones (excluding diaryl/α,β-unsaturated/α-hetero) is 1. The number of hydrogen-bond donors (Lipinski definition) is 2. The van der Waals surface area contributed by atoms with E-state index in [9.17, 15) is 15.0 Å². The highest BCUT2D eigenvalue weighted by atomic mass is 16.3. The molecule has 2 rings (SSSR count). The number of rotatable bonds is 1. The summed E-state index contributed by atoms with van der Waals surface area (Å²) in [5, 5.41) is 18.8. The molecule has 15 heavy (non-hydrogen) atoms. The highest BCUT2D eigenvalue weighted by Crippen LogP contribution is 2.32. The molecule has 0 amide bonds. The molecule has 1 aliphatic rings. The quantitative estimate of drug-likeness (QED) is 0.733. The number of ketones is 1. The summed E-state index contributed by atoms with van der Waals surface area (Å²) in [6, 6.07) is 6.91. The van der Waals surface area contributed by atoms with Crippen molar-refractivity contribution in [3.63, 3.8) is 0 Å². The predicted molar refractivity (Wildman–Crippen MR) is 55.7 cm³/mol. The van der Waals surface area contributed by atoms with E-state index in [1.807, 2.05) is 6.07 Å². The lowest BCUT2D eigenvalue weighted by Crippen LogP contribution is -2.25. The summed E-state index contributed by atoms with van der Waals surface area (Å²) in [6.45, 7) is 0. The lowest BCUT2D eigenvalue weighted by molar-refractivity contribution is -0.123. The van der Waals surface area contributed by atoms with Crippen molar-refractivity contribution >= 4 is 5.78 Å². The second kappa shape index (κ2) is 4.03. The number of carbonyl (C=O) groups is 1. The van der Waals surface area contributed by atoms with Crippen molar-refractivity contribution in [1.29, 1.82) is 0 Å². The first-order valence-electron chi connectivity index (χ1n) is 5.14. The molecule has 80 valence electrons. The molecule has 0 radical (unpaired) electrons. The third-order valence-electron chi connectivity index (χ3n) is 2.84. The maximum atomic E-state index is 11.3. The molecule has 2 unspecified atom stereocenters. The Morgan fingerprint density at radius 3 is 2.73 bits per heavy atom. The Labute approximate surface area is 88.4 Å². The fraction of sp³-hybridized carbons (Fsp3) is 0.417. The van der Waals surface area contributed by atoms with Gasteiger partial charge in [0.25, 0.3) is 0 Å². The van der Waals surface area contributed by atoms with Crippen molar-refractivity contribution in [2.75, 3.05) is 0 Å². The molecule has 0 bridgehead atoms. The zero-order chi connectivity index (χ0) is 10.8. The van der Waals surface area contributed by atoms with Crippen molar-refractivity contribution in [2.45, 2.75) is 31.3 Å². The minimum Gasteiger partial charge on any atom is -0.508 e. The van der Waals surface area contributed by atoms with Crippen LogP contribution in [0.1, 0.15) is 30.7 Å². The van der Waals surface area contributed by atoms with Crippen molar-refractivity contribution in [3.8, 4) is 5.75 Å². The zero-order valence-electron chi connectivity index (χ0n) is 8.39. The van der Waals surface area contributed by atoms with E-state index in [1.165, 1.54) is 0 Å². The first-order chi connectivity index (χ1) is 7.15. The molecule has 1 aromatic rings. The van der Waals surface area contributed by atoms with Gasteiger partial charge in [0.05, 0.1) is 6.10 Å². The van der Waals surface area contributed by atoms with Crippen LogP contribution in [0.15, 0.2) is 24.3 Å². The molecule has 2 N–H and O–H groups in total. The number of aliphatic hydroxyl groups excluding tert-OH is 1. The number of benzene rings is 1. The number of phenolic OH excluding ortho intramolecular Hbond substituents is 1. The lowest BCUT2D eigenvalue weighted by atomic mass is 9.82. The summed E-state index contributed by atoms with van der Waals surface area (Å²) in [6.07, 6.45) is 0.823. The van der Waals surface area contributed by atoms with Gasteiger partial charge in [0, 0.05) is 12.8 Å². The van der Waals surface area contributed by atoms with Crippen LogP contribution in [0.3, 0.4) is 0 Å². The van der Waals surface area contributed by atoms with E-state index >= 15 is 0 Å². The van der Waals surface area contributed by atoms with Gasteiger partial charge in [0.2, 0.25) is 0 Å². The van der Waals surface area contributed by atoms with Gasteiger partial charge in [-0.2, -0.15) is 0 Å². The number of aromatic hydroxyl groups is 1. The largest absolute Gasteiger partial charge is 0.508 e. The Morgan fingerprint density at radius 2 is 2.07 bits per heavy atom. The van der Waals surface area contributed by atoms with Crippen molar-refractivity contribution < 1.29 is 15.0 Å². The van der Waals surface area contributed by atoms with E-state index in [4.69, 9.17) is 0 Å². The first-order valence-corrected chi connectivity index (χ1v) is 5.14. The van der Waals surface area contributed by atoms with E-state index in [0.717, 1.165) is 5.56 Å². The van der Waals surface area contributed by atoms with E-state index < -0.39 is 6.10 Å². The van der Waals surface area contributed by atoms with Crippen LogP contribution in [-0.4, -0.2) is 22.1 Å². The number of hydrogen-bond acceptors (Lipinski definition) is 3. The Kier molecular flexibility index (Phi) is 2.73. The molecule has 3 nitrogen and oxygen atoms in total. The van der Waals surface area contributed by atoms with Gasteiger partial charge in [-0.3, -0.25) is 4.79 Å². The summed E-state index contributed by atoms with van der Waals surface area (Å²) < 4.78 is 0. The molecular weight excluding hydrogens is 192 g/mol. The van der Waals surface area contributed by atoms with Crippen LogP contribution >= 0.6 is 0 Å². The molecule has 1 saturated carbocycles. The number of carbonyl (C=O) groups excluding carboxylic acids is 1. The van der Waals surface area contributed by atoms with Crippen LogP contribution < -0.4 is 0 Å². The van der Waals surface area contributed by atoms with Crippen LogP contribution in [-0.2, 0) is 4.79 Å². The number of aliphatic hydroxyl groups is 1. The smallest absolute Gasteiger partial charge is 0.136 e. The Morgan fingerprint density at radius 1 is 1.27 bits per heavy atom. The highest BCUT2D eigenvalue weighted by molar-refractivity contribution is 5.80. The standard InChI is InChI=1S/C12H14O3/c13-10-3-1-2-8(4-10)9-5-11(14)7-12(15)6-9/h1-4,9,11,13-14H,5-7H2. The van der Waals surface area contributed by atoms with Gasteiger partial charge < -0.3 is 10.2 Å². The van der Waals surface area contributed by atoms with Gasteiger partial charge >= 0.3 is 0 Å².